The first kappa shape index (κ1) is 16.0. The fourth-order valence-corrected chi connectivity index (χ4v) is 3.16. The van der Waals surface area contributed by atoms with Gasteiger partial charge in [-0.2, -0.15) is 0 Å². The van der Waals surface area contributed by atoms with Crippen LogP contribution in [0.2, 0.25) is 5.02 Å². The van der Waals surface area contributed by atoms with Crippen LogP contribution in [0.25, 0.3) is 11.0 Å². The molecule has 1 aliphatic carbocycles. The Labute approximate surface area is 145 Å². The van der Waals surface area contributed by atoms with Gasteiger partial charge < -0.3 is 9.72 Å². The van der Waals surface area contributed by atoms with Gasteiger partial charge in [-0.05, 0) is 36.5 Å². The molecule has 1 aliphatic rings. The fourth-order valence-electron chi connectivity index (χ4n) is 2.34. The minimum atomic E-state index is 0.189. The van der Waals surface area contributed by atoms with Gasteiger partial charge in [0.15, 0.2) is 5.16 Å². The largest absolute Gasteiger partial charge is 0.497 e. The van der Waals surface area contributed by atoms with Crippen molar-refractivity contribution in [2.75, 3.05) is 12.9 Å². The zero-order chi connectivity index (χ0) is 16.2. The number of aromatic amines is 1. The van der Waals surface area contributed by atoms with E-state index in [0.29, 0.717) is 5.02 Å². The molecule has 1 atom stereocenters. The Hall–Kier alpha value is -1.83. The molecule has 0 saturated carbocycles. The van der Waals surface area contributed by atoms with Crippen LogP contribution in [-0.2, 0) is 4.74 Å². The SMILES string of the molecule is CCSc1nc2cc(Cl)c(C#CC3C=CC(OC)=CC3)cc2[nH]1. The van der Waals surface area contributed by atoms with Crippen molar-refractivity contribution in [2.24, 2.45) is 5.92 Å². The lowest BCUT2D eigenvalue weighted by Crippen LogP contribution is -1.98. The van der Waals surface area contributed by atoms with Gasteiger partial charge in [-0.15, -0.1) is 0 Å². The van der Waals surface area contributed by atoms with Crippen molar-refractivity contribution >= 4 is 34.4 Å². The summed E-state index contributed by atoms with van der Waals surface area (Å²) in [5.41, 5.74) is 2.67. The Kier molecular flexibility index (Phi) is 5.00. The van der Waals surface area contributed by atoms with Crippen LogP contribution in [0.1, 0.15) is 18.9 Å². The highest BCUT2D eigenvalue weighted by Crippen LogP contribution is 2.25. The van der Waals surface area contributed by atoms with E-state index in [-0.39, 0.29) is 5.92 Å². The minimum Gasteiger partial charge on any atom is -0.497 e. The molecule has 0 bridgehead atoms. The summed E-state index contributed by atoms with van der Waals surface area (Å²) < 4.78 is 5.18. The first-order valence-electron chi connectivity index (χ1n) is 7.45. The molecule has 0 aliphatic heterocycles. The number of thioether (sulfide) groups is 1. The number of methoxy groups -OCH3 is 1. The van der Waals surface area contributed by atoms with Gasteiger partial charge in [0.05, 0.1) is 23.2 Å². The monoisotopic (exact) mass is 344 g/mol. The number of ether oxygens (including phenoxy) is 1. The van der Waals surface area contributed by atoms with Gasteiger partial charge in [-0.3, -0.25) is 0 Å². The Balaban J connectivity index is 1.83. The second kappa shape index (κ2) is 7.16. The van der Waals surface area contributed by atoms with Gasteiger partial charge in [0.2, 0.25) is 0 Å². The molecule has 2 aromatic rings. The Morgan fingerprint density at radius 2 is 2.35 bits per heavy atom. The maximum Gasteiger partial charge on any atom is 0.166 e. The number of fused-ring (bicyclic) bond motifs is 1. The molecule has 0 fully saturated rings. The van der Waals surface area contributed by atoms with Gasteiger partial charge in [0.25, 0.3) is 0 Å². The number of benzene rings is 1. The molecule has 1 aromatic carbocycles. The standard InChI is InChI=1S/C18H17ClN2OS/c1-3-23-18-20-16-10-13(15(19)11-17(16)21-18)7-4-12-5-8-14(22-2)9-6-12/h5,8-12H,3,6H2,1-2H3,(H,20,21). The maximum atomic E-state index is 6.34. The number of imidazole rings is 1. The van der Waals surface area contributed by atoms with Gasteiger partial charge >= 0.3 is 0 Å². The van der Waals surface area contributed by atoms with Crippen LogP contribution in [-0.4, -0.2) is 22.8 Å². The average Bonchev–Trinajstić information content (AvgIpc) is 2.94. The van der Waals surface area contributed by atoms with Gasteiger partial charge in [0.1, 0.15) is 5.76 Å². The van der Waals surface area contributed by atoms with Crippen LogP contribution in [0.15, 0.2) is 41.3 Å². The minimum absolute atomic E-state index is 0.189. The van der Waals surface area contributed by atoms with Crippen LogP contribution in [0, 0.1) is 17.8 Å². The number of aromatic nitrogens is 2. The highest BCUT2D eigenvalue weighted by molar-refractivity contribution is 7.99. The maximum absolute atomic E-state index is 6.34. The highest BCUT2D eigenvalue weighted by Gasteiger charge is 2.08. The summed E-state index contributed by atoms with van der Waals surface area (Å²) >= 11 is 8.02. The predicted molar refractivity (Wildman–Crippen MR) is 96.7 cm³/mol. The summed E-state index contributed by atoms with van der Waals surface area (Å²) in [7, 11) is 1.67. The lowest BCUT2D eigenvalue weighted by Gasteiger charge is -2.09. The quantitative estimate of drug-likeness (QED) is 0.642. The van der Waals surface area contributed by atoms with Crippen LogP contribution in [0.5, 0.6) is 0 Å². The molecule has 3 rings (SSSR count). The Morgan fingerprint density at radius 1 is 1.48 bits per heavy atom. The van der Waals surface area contributed by atoms with Crippen molar-refractivity contribution in [1.82, 2.24) is 9.97 Å². The lowest BCUT2D eigenvalue weighted by atomic mass is 10.0. The van der Waals surface area contributed by atoms with Crippen molar-refractivity contribution in [2.45, 2.75) is 18.5 Å². The molecule has 118 valence electrons. The second-order valence-electron chi connectivity index (χ2n) is 5.11. The molecule has 0 amide bonds. The predicted octanol–water partition coefficient (Wildman–Crippen LogP) is 4.79. The lowest BCUT2D eigenvalue weighted by molar-refractivity contribution is 0.302. The number of nitrogens with zero attached hydrogens (tertiary/aromatic N) is 1. The van der Waals surface area contributed by atoms with Crippen molar-refractivity contribution in [1.29, 1.82) is 0 Å². The van der Waals surface area contributed by atoms with E-state index in [1.807, 2.05) is 24.3 Å². The van der Waals surface area contributed by atoms with E-state index < -0.39 is 0 Å². The number of rotatable bonds is 3. The first-order valence-corrected chi connectivity index (χ1v) is 8.82. The van der Waals surface area contributed by atoms with Crippen LogP contribution >= 0.6 is 23.4 Å². The fraction of sp³-hybridized carbons (Fsp3) is 0.278. The molecule has 0 saturated heterocycles. The molecular weight excluding hydrogens is 328 g/mol. The van der Waals surface area contributed by atoms with E-state index in [2.05, 4.69) is 34.8 Å². The normalized spacial score (nSPS) is 16.8. The van der Waals surface area contributed by atoms with E-state index in [1.54, 1.807) is 18.9 Å². The Bertz CT molecular complexity index is 842. The van der Waals surface area contributed by atoms with E-state index >= 15 is 0 Å². The van der Waals surface area contributed by atoms with Crippen LogP contribution < -0.4 is 0 Å². The number of hydrogen-bond donors (Lipinski definition) is 1. The van der Waals surface area contributed by atoms with E-state index in [1.165, 1.54) is 0 Å². The van der Waals surface area contributed by atoms with Crippen molar-refractivity contribution in [3.63, 3.8) is 0 Å². The summed E-state index contributed by atoms with van der Waals surface area (Å²) in [6, 6.07) is 3.84. The zero-order valence-electron chi connectivity index (χ0n) is 13.0. The molecule has 23 heavy (non-hydrogen) atoms. The van der Waals surface area contributed by atoms with Crippen LogP contribution in [0.4, 0.5) is 0 Å². The molecule has 5 heteroatoms. The first-order chi connectivity index (χ1) is 11.2. The topological polar surface area (TPSA) is 37.9 Å². The average molecular weight is 345 g/mol. The zero-order valence-corrected chi connectivity index (χ0v) is 14.6. The number of hydrogen-bond acceptors (Lipinski definition) is 3. The van der Waals surface area contributed by atoms with Gasteiger partial charge in [-0.25, -0.2) is 4.98 Å². The summed E-state index contributed by atoms with van der Waals surface area (Å²) in [6.07, 6.45) is 6.92. The number of nitrogens with one attached hydrogen (secondary N) is 1. The van der Waals surface area contributed by atoms with Gasteiger partial charge in [0, 0.05) is 11.5 Å². The smallest absolute Gasteiger partial charge is 0.166 e. The Morgan fingerprint density at radius 3 is 3.04 bits per heavy atom. The summed E-state index contributed by atoms with van der Waals surface area (Å²) in [4.78, 5) is 7.81. The molecule has 1 aromatic heterocycles. The number of H-pyrrole nitrogens is 1. The van der Waals surface area contributed by atoms with Gasteiger partial charge in [-0.1, -0.05) is 48.2 Å². The summed E-state index contributed by atoms with van der Waals surface area (Å²) in [5, 5.41) is 1.55. The van der Waals surface area contributed by atoms with Crippen molar-refractivity contribution in [3.8, 4) is 11.8 Å². The molecule has 3 nitrogen and oxygen atoms in total. The third-order valence-corrected chi connectivity index (χ3v) is 4.59. The molecule has 0 spiro atoms. The molecule has 1 N–H and O–H groups in total. The number of allylic oxidation sites excluding steroid dienone is 3. The third kappa shape index (κ3) is 3.74. The molecular formula is C18H17ClN2OS. The summed E-state index contributed by atoms with van der Waals surface area (Å²) in [6.45, 7) is 2.10. The van der Waals surface area contributed by atoms with E-state index in [4.69, 9.17) is 16.3 Å². The van der Waals surface area contributed by atoms with Crippen molar-refractivity contribution in [3.05, 3.63) is 46.7 Å². The van der Waals surface area contributed by atoms with Crippen molar-refractivity contribution < 1.29 is 4.74 Å². The van der Waals surface area contributed by atoms with E-state index in [0.717, 1.165) is 39.7 Å². The van der Waals surface area contributed by atoms with E-state index in [9.17, 15) is 0 Å². The highest BCUT2D eigenvalue weighted by atomic mass is 35.5. The third-order valence-electron chi connectivity index (χ3n) is 3.52. The van der Waals surface area contributed by atoms with Crippen LogP contribution in [0.3, 0.4) is 0 Å². The molecule has 0 radical (unpaired) electrons. The second-order valence-corrected chi connectivity index (χ2v) is 6.77. The molecule has 1 heterocycles. The number of halogens is 1. The molecule has 1 unspecified atom stereocenters. The summed E-state index contributed by atoms with van der Waals surface area (Å²) in [5.74, 6) is 8.51.